The Kier molecular flexibility index (Phi) is 5.29. The largest absolute Gasteiger partial charge is 0.340 e. The molecule has 0 aliphatic heterocycles. The molecule has 0 spiro atoms. The maximum absolute atomic E-state index is 13.0. The highest BCUT2D eigenvalue weighted by Gasteiger charge is 2.17. The van der Waals surface area contributed by atoms with Crippen LogP contribution in [0.5, 0.6) is 0 Å². The van der Waals surface area contributed by atoms with Gasteiger partial charge in [-0.2, -0.15) is 10.2 Å². The van der Waals surface area contributed by atoms with Crippen LogP contribution < -0.4 is 0 Å². The van der Waals surface area contributed by atoms with Crippen LogP contribution in [0.3, 0.4) is 0 Å². The molecule has 1 amide bonds. The molecule has 0 fully saturated rings. The summed E-state index contributed by atoms with van der Waals surface area (Å²) in [6.45, 7) is 1.79. The third-order valence-electron chi connectivity index (χ3n) is 4.08. The average molecular weight is 377 g/mol. The van der Waals surface area contributed by atoms with Crippen LogP contribution in [0.2, 0.25) is 0 Å². The highest BCUT2D eigenvalue weighted by Crippen LogP contribution is 2.18. The number of aromatic nitrogens is 4. The van der Waals surface area contributed by atoms with Crippen LogP contribution in [-0.4, -0.2) is 37.4 Å². The quantitative estimate of drug-likeness (QED) is 0.663. The molecule has 0 aliphatic rings. The van der Waals surface area contributed by atoms with Gasteiger partial charge in [-0.25, -0.2) is 17.9 Å². The van der Waals surface area contributed by atoms with Gasteiger partial charge in [-0.1, -0.05) is 0 Å². The molecule has 0 N–H and O–H groups in total. The van der Waals surface area contributed by atoms with E-state index in [1.54, 1.807) is 43.2 Å². The third kappa shape index (κ3) is 4.36. The van der Waals surface area contributed by atoms with E-state index >= 15 is 0 Å². The van der Waals surface area contributed by atoms with Gasteiger partial charge in [0, 0.05) is 31.0 Å². The number of halogens is 3. The number of alkyl halides is 2. The zero-order valence-corrected chi connectivity index (χ0v) is 14.8. The van der Waals surface area contributed by atoms with Gasteiger partial charge in [0.25, 0.3) is 6.43 Å². The summed E-state index contributed by atoms with van der Waals surface area (Å²) in [4.78, 5) is 13.8. The Morgan fingerprint density at radius 2 is 1.96 bits per heavy atom. The molecule has 2 aromatic heterocycles. The van der Waals surface area contributed by atoms with Gasteiger partial charge < -0.3 is 4.90 Å². The molecule has 0 aliphatic carbocycles. The zero-order valence-electron chi connectivity index (χ0n) is 14.8. The first kappa shape index (κ1) is 18.7. The molecular formula is C18H18F3N5O. The Labute approximate surface area is 153 Å². The van der Waals surface area contributed by atoms with E-state index in [1.807, 2.05) is 0 Å². The number of benzene rings is 1. The van der Waals surface area contributed by atoms with Crippen molar-refractivity contribution in [2.45, 2.75) is 26.4 Å². The van der Waals surface area contributed by atoms with Crippen LogP contribution in [0.4, 0.5) is 13.2 Å². The number of carbonyl (C=O) groups is 1. The Morgan fingerprint density at radius 1 is 1.26 bits per heavy atom. The van der Waals surface area contributed by atoms with Crippen molar-refractivity contribution in [2.75, 3.05) is 7.05 Å². The van der Waals surface area contributed by atoms with Crippen molar-refractivity contribution in [1.29, 1.82) is 0 Å². The average Bonchev–Trinajstić information content (AvgIpc) is 3.23. The molecular weight excluding hydrogens is 359 g/mol. The monoisotopic (exact) mass is 377 g/mol. The summed E-state index contributed by atoms with van der Waals surface area (Å²) in [5, 5.41) is 7.97. The van der Waals surface area contributed by atoms with Crippen molar-refractivity contribution in [3.05, 3.63) is 65.5 Å². The topological polar surface area (TPSA) is 56.0 Å². The fourth-order valence-electron chi connectivity index (χ4n) is 2.59. The van der Waals surface area contributed by atoms with Crippen LogP contribution in [0.15, 0.2) is 42.7 Å². The first-order chi connectivity index (χ1) is 12.8. The maximum atomic E-state index is 13.0. The summed E-state index contributed by atoms with van der Waals surface area (Å²) in [6.07, 6.45) is 0.682. The summed E-state index contributed by atoms with van der Waals surface area (Å²) in [5.74, 6) is -0.600. The van der Waals surface area contributed by atoms with Crippen LogP contribution in [-0.2, 0) is 17.9 Å². The smallest absolute Gasteiger partial charge is 0.282 e. The molecule has 9 heteroatoms. The predicted octanol–water partition coefficient (Wildman–Crippen LogP) is 3.11. The number of hydrogen-bond acceptors (Lipinski definition) is 3. The standard InChI is InChI=1S/C18H18F3N5O/c1-12-7-16(18(20)21)23-25(12)11-17(27)24(2)9-13-8-22-26(10-13)15-5-3-14(19)4-6-15/h3-8,10,18H,9,11H2,1-2H3. The van der Waals surface area contributed by atoms with Crippen molar-refractivity contribution in [1.82, 2.24) is 24.5 Å². The van der Waals surface area contributed by atoms with E-state index in [2.05, 4.69) is 10.2 Å². The van der Waals surface area contributed by atoms with E-state index in [0.29, 0.717) is 17.9 Å². The normalized spacial score (nSPS) is 11.2. The minimum Gasteiger partial charge on any atom is -0.340 e. The van der Waals surface area contributed by atoms with Crippen molar-refractivity contribution < 1.29 is 18.0 Å². The van der Waals surface area contributed by atoms with Gasteiger partial charge in [-0.15, -0.1) is 0 Å². The highest BCUT2D eigenvalue weighted by molar-refractivity contribution is 5.75. The minimum atomic E-state index is -2.67. The lowest BCUT2D eigenvalue weighted by molar-refractivity contribution is -0.131. The van der Waals surface area contributed by atoms with Crippen molar-refractivity contribution in [2.24, 2.45) is 0 Å². The highest BCUT2D eigenvalue weighted by atomic mass is 19.3. The number of aryl methyl sites for hydroxylation is 1. The lowest BCUT2D eigenvalue weighted by atomic mass is 10.3. The molecule has 1 aromatic carbocycles. The lowest BCUT2D eigenvalue weighted by Crippen LogP contribution is -2.30. The van der Waals surface area contributed by atoms with Gasteiger partial charge in [-0.3, -0.25) is 9.48 Å². The number of hydrogen-bond donors (Lipinski definition) is 0. The molecule has 6 nitrogen and oxygen atoms in total. The van der Waals surface area contributed by atoms with Crippen LogP contribution >= 0.6 is 0 Å². The molecule has 0 saturated heterocycles. The summed E-state index contributed by atoms with van der Waals surface area (Å²) in [6, 6.07) is 7.15. The molecule has 0 unspecified atom stereocenters. The van der Waals surface area contributed by atoms with Crippen molar-refractivity contribution in [3.63, 3.8) is 0 Å². The number of amides is 1. The van der Waals surface area contributed by atoms with Crippen LogP contribution in [0, 0.1) is 12.7 Å². The third-order valence-corrected chi connectivity index (χ3v) is 4.08. The molecule has 3 aromatic rings. The predicted molar refractivity (Wildman–Crippen MR) is 91.9 cm³/mol. The molecule has 27 heavy (non-hydrogen) atoms. The van der Waals surface area contributed by atoms with Gasteiger partial charge in [-0.05, 0) is 37.3 Å². The fraction of sp³-hybridized carbons (Fsp3) is 0.278. The summed E-state index contributed by atoms with van der Waals surface area (Å²) in [7, 11) is 1.62. The van der Waals surface area contributed by atoms with Gasteiger partial charge in [0.1, 0.15) is 18.1 Å². The first-order valence-electron chi connectivity index (χ1n) is 8.19. The van der Waals surface area contributed by atoms with Gasteiger partial charge in [0.15, 0.2) is 0 Å². The molecule has 0 radical (unpaired) electrons. The van der Waals surface area contributed by atoms with E-state index in [0.717, 1.165) is 5.56 Å². The maximum Gasteiger partial charge on any atom is 0.282 e. The second-order valence-electron chi connectivity index (χ2n) is 6.19. The van der Waals surface area contributed by atoms with Gasteiger partial charge >= 0.3 is 0 Å². The number of likely N-dealkylation sites (N-methyl/N-ethyl adjacent to an activating group) is 1. The van der Waals surface area contributed by atoms with E-state index in [9.17, 15) is 18.0 Å². The van der Waals surface area contributed by atoms with Gasteiger partial charge in [0.2, 0.25) is 5.91 Å². The number of nitrogens with zero attached hydrogens (tertiary/aromatic N) is 5. The Balaban J connectivity index is 1.64. The molecule has 0 saturated carbocycles. The Bertz CT molecular complexity index is 933. The molecule has 0 atom stereocenters. The molecule has 142 valence electrons. The van der Waals surface area contributed by atoms with E-state index < -0.39 is 6.43 Å². The lowest BCUT2D eigenvalue weighted by Gasteiger charge is -2.16. The minimum absolute atomic E-state index is 0.124. The second kappa shape index (κ2) is 7.65. The van der Waals surface area contributed by atoms with Gasteiger partial charge in [0.05, 0.1) is 11.9 Å². The zero-order chi connectivity index (χ0) is 19.6. The number of carbonyl (C=O) groups excluding carboxylic acids is 1. The molecule has 0 bridgehead atoms. The fourth-order valence-corrected chi connectivity index (χ4v) is 2.59. The van der Waals surface area contributed by atoms with E-state index in [-0.39, 0.29) is 24.0 Å². The van der Waals surface area contributed by atoms with Crippen LogP contribution in [0.1, 0.15) is 23.4 Å². The second-order valence-corrected chi connectivity index (χ2v) is 6.19. The van der Waals surface area contributed by atoms with Crippen LogP contribution in [0.25, 0.3) is 5.69 Å². The Morgan fingerprint density at radius 3 is 2.59 bits per heavy atom. The SMILES string of the molecule is Cc1cc(C(F)F)nn1CC(=O)N(C)Cc1cnn(-c2ccc(F)cc2)c1. The Hall–Kier alpha value is -3.10. The first-order valence-corrected chi connectivity index (χ1v) is 8.19. The molecule has 3 rings (SSSR count). The summed E-state index contributed by atoms with van der Waals surface area (Å²) < 4.78 is 41.3. The summed E-state index contributed by atoms with van der Waals surface area (Å²) in [5.41, 5.74) is 1.63. The molecule has 2 heterocycles. The van der Waals surface area contributed by atoms with E-state index in [1.165, 1.54) is 27.8 Å². The van der Waals surface area contributed by atoms with Crippen molar-refractivity contribution in [3.8, 4) is 5.69 Å². The summed E-state index contributed by atoms with van der Waals surface area (Å²) >= 11 is 0. The van der Waals surface area contributed by atoms with E-state index in [4.69, 9.17) is 0 Å². The number of rotatable bonds is 6. The van der Waals surface area contributed by atoms with Crippen molar-refractivity contribution >= 4 is 5.91 Å².